The Kier molecular flexibility index (Phi) is 8.12. The molecule has 1 saturated heterocycles. The molecule has 5 fully saturated rings. The minimum Gasteiger partial charge on any atom is -0.391 e. The Bertz CT molecular complexity index is 726. The first-order chi connectivity index (χ1) is 15.7. The van der Waals surface area contributed by atoms with E-state index in [9.17, 15) is 19.1 Å². The highest BCUT2D eigenvalue weighted by molar-refractivity contribution is 8.00. The van der Waals surface area contributed by atoms with Gasteiger partial charge in [-0.25, -0.2) is 4.39 Å². The molecule has 0 aromatic heterocycles. The number of aliphatic hydroxyl groups excluding tert-OH is 1. The van der Waals surface area contributed by atoms with E-state index in [-0.39, 0.29) is 43.1 Å². The van der Waals surface area contributed by atoms with Crippen LogP contribution in [0.1, 0.15) is 58.3 Å². The summed E-state index contributed by atoms with van der Waals surface area (Å²) in [5, 5.41) is 20.1. The van der Waals surface area contributed by atoms with Gasteiger partial charge in [-0.15, -0.1) is 23.4 Å². The number of carbonyl (C=O) groups excluding carboxylic acids is 2. The summed E-state index contributed by atoms with van der Waals surface area (Å²) in [7, 11) is 0. The molecular formula is C22H35ClFN3O5S. The number of hydrogen-bond donors (Lipinski definition) is 4. The van der Waals surface area contributed by atoms with E-state index < -0.39 is 28.7 Å². The second-order valence-electron chi connectivity index (χ2n) is 10.0. The van der Waals surface area contributed by atoms with Crippen LogP contribution in [0.4, 0.5) is 4.39 Å². The third-order valence-corrected chi connectivity index (χ3v) is 9.18. The van der Waals surface area contributed by atoms with E-state index >= 15 is 0 Å². The summed E-state index contributed by atoms with van der Waals surface area (Å²) in [5.74, 6) is -0.492. The van der Waals surface area contributed by atoms with Crippen LogP contribution in [0.3, 0.4) is 0 Å². The zero-order valence-corrected chi connectivity index (χ0v) is 20.6. The summed E-state index contributed by atoms with van der Waals surface area (Å²) >= 11 is 7.56. The number of aliphatic hydroxyl groups is 1. The SMILES string of the molecule is CC1CNC(OCC(=O)NC23CCC(NC(=O)COC4CCC(Cl)C(F)C4)(CC2)[C@@H](O)C3)S1. The Hall–Kier alpha value is -0.650. The van der Waals surface area contributed by atoms with Gasteiger partial charge in [-0.3, -0.25) is 14.9 Å². The van der Waals surface area contributed by atoms with Crippen LogP contribution in [0.2, 0.25) is 0 Å². The van der Waals surface area contributed by atoms with Gasteiger partial charge in [-0.1, -0.05) is 6.92 Å². The number of halogens is 2. The molecule has 0 radical (unpaired) electrons. The van der Waals surface area contributed by atoms with Crippen molar-refractivity contribution in [3.8, 4) is 0 Å². The largest absolute Gasteiger partial charge is 0.391 e. The lowest BCUT2D eigenvalue weighted by molar-refractivity contribution is -0.141. The van der Waals surface area contributed by atoms with Gasteiger partial charge in [0, 0.05) is 23.8 Å². The van der Waals surface area contributed by atoms with Crippen LogP contribution in [0.15, 0.2) is 0 Å². The van der Waals surface area contributed by atoms with E-state index in [2.05, 4.69) is 22.9 Å². The monoisotopic (exact) mass is 507 g/mol. The van der Waals surface area contributed by atoms with Crippen molar-refractivity contribution < 1.29 is 28.6 Å². The first kappa shape index (κ1) is 25.4. The molecule has 1 aliphatic heterocycles. The predicted octanol–water partition coefficient (Wildman–Crippen LogP) is 1.57. The number of nitrogens with one attached hydrogen (secondary N) is 3. The molecule has 0 spiro atoms. The van der Waals surface area contributed by atoms with Crippen molar-refractivity contribution in [2.24, 2.45) is 0 Å². The summed E-state index contributed by atoms with van der Waals surface area (Å²) in [4.78, 5) is 25.1. The molecule has 5 rings (SSSR count). The fourth-order valence-corrected chi connectivity index (χ4v) is 6.70. The third kappa shape index (κ3) is 6.13. The second kappa shape index (κ2) is 10.5. The van der Waals surface area contributed by atoms with Gasteiger partial charge in [0.25, 0.3) is 0 Å². The molecule has 2 amide bonds. The number of ether oxygens (including phenoxy) is 2. The van der Waals surface area contributed by atoms with Crippen molar-refractivity contribution in [3.05, 3.63) is 0 Å². The van der Waals surface area contributed by atoms with E-state index in [0.29, 0.717) is 50.2 Å². The van der Waals surface area contributed by atoms with Gasteiger partial charge >= 0.3 is 0 Å². The van der Waals surface area contributed by atoms with Crippen molar-refractivity contribution in [3.63, 3.8) is 0 Å². The molecule has 11 heteroatoms. The molecule has 4 aliphatic carbocycles. The van der Waals surface area contributed by atoms with Crippen LogP contribution in [-0.2, 0) is 19.1 Å². The van der Waals surface area contributed by atoms with E-state index in [1.165, 1.54) is 0 Å². The maximum Gasteiger partial charge on any atom is 0.246 e. The smallest absolute Gasteiger partial charge is 0.246 e. The summed E-state index contributed by atoms with van der Waals surface area (Å²) < 4.78 is 25.0. The van der Waals surface area contributed by atoms with Gasteiger partial charge in [0.1, 0.15) is 19.4 Å². The molecule has 8 nitrogen and oxygen atoms in total. The van der Waals surface area contributed by atoms with E-state index in [1.807, 2.05) is 0 Å². The molecule has 1 heterocycles. The normalized spacial score (nSPS) is 42.8. The molecule has 33 heavy (non-hydrogen) atoms. The quantitative estimate of drug-likeness (QED) is 0.369. The number of amides is 2. The van der Waals surface area contributed by atoms with Crippen molar-refractivity contribution in [2.45, 2.75) is 104 Å². The van der Waals surface area contributed by atoms with Gasteiger partial charge < -0.3 is 25.2 Å². The average molecular weight is 508 g/mol. The molecule has 6 atom stereocenters. The first-order valence-corrected chi connectivity index (χ1v) is 13.3. The zero-order chi connectivity index (χ0) is 23.6. The maximum atomic E-state index is 13.8. The zero-order valence-electron chi connectivity index (χ0n) is 19.0. The lowest BCUT2D eigenvalue weighted by Gasteiger charge is -2.56. The lowest BCUT2D eigenvalue weighted by Crippen LogP contribution is -2.70. The molecule has 188 valence electrons. The molecule has 5 unspecified atom stereocenters. The number of carbonyl (C=O) groups is 2. The number of hydrogen-bond acceptors (Lipinski definition) is 7. The standard InChI is InChI=1S/C22H35ClFN3O5S/c1-13-10-25-20(33-13)32-12-18(29)26-21-4-6-22(7-5-21,17(28)9-21)27-19(30)11-31-14-2-3-15(23)16(24)8-14/h13-17,20,25,28H,2-12H2,1H3,(H,26,29)(H,27,30)/t13?,14?,15?,16?,17-,20?,21?,22?/m0/s1. The lowest BCUT2D eigenvalue weighted by atomic mass is 9.60. The summed E-state index contributed by atoms with van der Waals surface area (Å²) in [6, 6.07) is 0. The minimum absolute atomic E-state index is 0.0280. The Labute approximate surface area is 203 Å². The van der Waals surface area contributed by atoms with Crippen LogP contribution >= 0.6 is 23.4 Å². The molecule has 0 aromatic rings. The van der Waals surface area contributed by atoms with E-state index in [4.69, 9.17) is 21.1 Å². The fourth-order valence-electron chi connectivity index (χ4n) is 5.51. The third-order valence-electron chi connectivity index (χ3n) is 7.50. The fraction of sp³-hybridized carbons (Fsp3) is 0.909. The van der Waals surface area contributed by atoms with Crippen molar-refractivity contribution in [1.29, 1.82) is 0 Å². The Balaban J connectivity index is 1.21. The van der Waals surface area contributed by atoms with Gasteiger partial charge in [-0.2, -0.15) is 0 Å². The van der Waals surface area contributed by atoms with Crippen LogP contribution in [0.5, 0.6) is 0 Å². The number of rotatable bonds is 8. The van der Waals surface area contributed by atoms with Gasteiger partial charge in [0.2, 0.25) is 11.8 Å². The Morgan fingerprint density at radius 1 is 1.15 bits per heavy atom. The van der Waals surface area contributed by atoms with Crippen molar-refractivity contribution in [1.82, 2.24) is 16.0 Å². The highest BCUT2D eigenvalue weighted by atomic mass is 35.5. The molecule has 2 bridgehead atoms. The minimum atomic E-state index is -1.11. The first-order valence-electron chi connectivity index (χ1n) is 11.9. The summed E-state index contributed by atoms with van der Waals surface area (Å²) in [6.45, 7) is 2.77. The molecule has 0 aromatic carbocycles. The Morgan fingerprint density at radius 3 is 2.48 bits per heavy atom. The van der Waals surface area contributed by atoms with Gasteiger partial charge in [0.05, 0.1) is 23.1 Å². The van der Waals surface area contributed by atoms with Gasteiger partial charge in [0.15, 0.2) is 5.56 Å². The van der Waals surface area contributed by atoms with Crippen LogP contribution in [0, 0.1) is 0 Å². The molecule has 4 N–H and O–H groups in total. The summed E-state index contributed by atoms with van der Waals surface area (Å²) in [6.07, 6.45) is 2.06. The molecule has 5 aliphatic rings. The second-order valence-corrected chi connectivity index (χ2v) is 12.1. The van der Waals surface area contributed by atoms with Crippen molar-refractivity contribution >= 4 is 35.2 Å². The number of thioether (sulfide) groups is 1. The van der Waals surface area contributed by atoms with Crippen LogP contribution < -0.4 is 16.0 Å². The highest BCUT2D eigenvalue weighted by Gasteiger charge is 2.55. The number of fused-ring (bicyclic) bond motifs is 3. The molecule has 4 saturated carbocycles. The predicted molar refractivity (Wildman–Crippen MR) is 124 cm³/mol. The van der Waals surface area contributed by atoms with Gasteiger partial charge in [-0.05, 0) is 44.9 Å². The number of alkyl halides is 2. The Morgan fingerprint density at radius 2 is 1.85 bits per heavy atom. The maximum absolute atomic E-state index is 13.8. The van der Waals surface area contributed by atoms with E-state index in [0.717, 1.165) is 6.54 Å². The topological polar surface area (TPSA) is 109 Å². The average Bonchev–Trinajstić information content (AvgIpc) is 3.19. The van der Waals surface area contributed by atoms with E-state index in [1.54, 1.807) is 11.8 Å². The van der Waals surface area contributed by atoms with Crippen LogP contribution in [0.25, 0.3) is 0 Å². The summed E-state index contributed by atoms with van der Waals surface area (Å²) in [5.41, 5.74) is -1.35. The molecular weight excluding hydrogens is 473 g/mol. The highest BCUT2D eigenvalue weighted by Crippen LogP contribution is 2.47. The van der Waals surface area contributed by atoms with Crippen molar-refractivity contribution in [2.75, 3.05) is 19.8 Å². The van der Waals surface area contributed by atoms with Crippen LogP contribution in [-0.4, -0.2) is 82.3 Å².